The molecule has 106 valence electrons. The third kappa shape index (κ3) is 3.16. The summed E-state index contributed by atoms with van der Waals surface area (Å²) in [6.07, 6.45) is 2.82. The number of anilines is 1. The Hall–Kier alpha value is -1.46. The van der Waals surface area contributed by atoms with Crippen LogP contribution in [0.15, 0.2) is 18.2 Å². The summed E-state index contributed by atoms with van der Waals surface area (Å²) in [6, 6.07) is 5.92. The van der Waals surface area contributed by atoms with Crippen molar-refractivity contribution in [1.82, 2.24) is 10.3 Å². The highest BCUT2D eigenvalue weighted by atomic mass is 32.1. The van der Waals surface area contributed by atoms with E-state index in [0.29, 0.717) is 12.3 Å². The lowest BCUT2D eigenvalue weighted by molar-refractivity contribution is -0.117. The number of benzene rings is 1. The lowest BCUT2D eigenvalue weighted by Gasteiger charge is -2.21. The van der Waals surface area contributed by atoms with Gasteiger partial charge in [0.05, 0.1) is 15.2 Å². The molecule has 4 nitrogen and oxygen atoms in total. The number of nitrogens with one attached hydrogen (secondary N) is 2. The highest BCUT2D eigenvalue weighted by Crippen LogP contribution is 2.25. The first kappa shape index (κ1) is 13.5. The van der Waals surface area contributed by atoms with Crippen LogP contribution in [-0.2, 0) is 4.79 Å². The Bertz CT molecular complexity index is 617. The Kier molecular flexibility index (Phi) is 3.98. The molecule has 1 aromatic heterocycles. The molecule has 0 radical (unpaired) electrons. The lowest BCUT2D eigenvalue weighted by atomic mass is 9.94. The topological polar surface area (TPSA) is 54.0 Å². The second kappa shape index (κ2) is 5.89. The molecule has 1 aliphatic rings. The minimum absolute atomic E-state index is 0.123. The smallest absolute Gasteiger partial charge is 0.224 e. The highest BCUT2D eigenvalue weighted by molar-refractivity contribution is 7.18. The van der Waals surface area contributed by atoms with Gasteiger partial charge < -0.3 is 10.6 Å². The van der Waals surface area contributed by atoms with Gasteiger partial charge in [-0.3, -0.25) is 4.79 Å². The van der Waals surface area contributed by atoms with E-state index in [1.165, 1.54) is 0 Å². The fraction of sp³-hybridized carbons (Fsp3) is 0.467. The van der Waals surface area contributed by atoms with Crippen molar-refractivity contribution in [1.29, 1.82) is 0 Å². The number of amides is 1. The Morgan fingerprint density at radius 3 is 3.05 bits per heavy atom. The van der Waals surface area contributed by atoms with Gasteiger partial charge in [-0.15, -0.1) is 11.3 Å². The van der Waals surface area contributed by atoms with Gasteiger partial charge in [0.15, 0.2) is 0 Å². The van der Waals surface area contributed by atoms with Crippen LogP contribution in [0.5, 0.6) is 0 Å². The van der Waals surface area contributed by atoms with Gasteiger partial charge >= 0.3 is 0 Å². The van der Waals surface area contributed by atoms with Gasteiger partial charge in [-0.2, -0.15) is 0 Å². The Morgan fingerprint density at radius 2 is 2.25 bits per heavy atom. The first-order valence-electron chi connectivity index (χ1n) is 7.08. The van der Waals surface area contributed by atoms with Gasteiger partial charge in [-0.05, 0) is 57.0 Å². The van der Waals surface area contributed by atoms with Crippen LogP contribution in [0.25, 0.3) is 10.2 Å². The molecule has 0 aliphatic carbocycles. The fourth-order valence-corrected chi connectivity index (χ4v) is 3.54. The van der Waals surface area contributed by atoms with Crippen molar-refractivity contribution in [3.05, 3.63) is 23.2 Å². The van der Waals surface area contributed by atoms with Crippen molar-refractivity contribution >= 4 is 33.1 Å². The maximum atomic E-state index is 12.1. The largest absolute Gasteiger partial charge is 0.326 e. The number of aryl methyl sites for hydroxylation is 1. The molecule has 2 N–H and O–H groups in total. The van der Waals surface area contributed by atoms with E-state index < -0.39 is 0 Å². The number of hydrogen-bond acceptors (Lipinski definition) is 4. The van der Waals surface area contributed by atoms with Gasteiger partial charge in [0.2, 0.25) is 5.91 Å². The zero-order valence-electron chi connectivity index (χ0n) is 11.6. The van der Waals surface area contributed by atoms with Crippen molar-refractivity contribution in [2.24, 2.45) is 5.92 Å². The standard InChI is InChI=1S/C15H19N3OS/c1-10-17-13-3-2-12(9-14(13)20-10)18-15(19)8-11-4-6-16-7-5-11/h2-3,9,11,16H,4-8H2,1H3,(H,18,19). The van der Waals surface area contributed by atoms with Gasteiger partial charge in [-0.1, -0.05) is 0 Å². The molecule has 1 aliphatic heterocycles. The van der Waals surface area contributed by atoms with Crippen LogP contribution >= 0.6 is 11.3 Å². The van der Waals surface area contributed by atoms with Crippen molar-refractivity contribution in [3.63, 3.8) is 0 Å². The zero-order chi connectivity index (χ0) is 13.9. The first-order chi connectivity index (χ1) is 9.70. The molecule has 0 atom stereocenters. The van der Waals surface area contributed by atoms with Crippen molar-refractivity contribution in [2.45, 2.75) is 26.2 Å². The van der Waals surface area contributed by atoms with E-state index in [2.05, 4.69) is 15.6 Å². The number of fused-ring (bicyclic) bond motifs is 1. The summed E-state index contributed by atoms with van der Waals surface area (Å²) >= 11 is 1.66. The number of carbonyl (C=O) groups excluding carboxylic acids is 1. The second-order valence-corrected chi connectivity index (χ2v) is 6.60. The number of rotatable bonds is 3. The van der Waals surface area contributed by atoms with Gasteiger partial charge in [0.1, 0.15) is 0 Å². The normalized spacial score (nSPS) is 16.4. The molecule has 2 heterocycles. The number of aromatic nitrogens is 1. The van der Waals surface area contributed by atoms with Crippen LogP contribution in [0.2, 0.25) is 0 Å². The molecule has 1 fully saturated rings. The summed E-state index contributed by atoms with van der Waals surface area (Å²) in [5.41, 5.74) is 1.88. The molecule has 2 aromatic rings. The van der Waals surface area contributed by atoms with E-state index in [0.717, 1.165) is 46.8 Å². The number of nitrogens with zero attached hydrogens (tertiary/aromatic N) is 1. The van der Waals surface area contributed by atoms with Gasteiger partial charge in [0.25, 0.3) is 0 Å². The molecule has 0 bridgehead atoms. The molecule has 1 amide bonds. The quantitative estimate of drug-likeness (QED) is 0.913. The van der Waals surface area contributed by atoms with Gasteiger partial charge in [-0.25, -0.2) is 4.98 Å². The SMILES string of the molecule is Cc1nc2ccc(NC(=O)CC3CCNCC3)cc2s1. The van der Waals surface area contributed by atoms with E-state index in [1.807, 2.05) is 25.1 Å². The third-order valence-corrected chi connectivity index (χ3v) is 4.65. The maximum Gasteiger partial charge on any atom is 0.224 e. The summed E-state index contributed by atoms with van der Waals surface area (Å²) in [7, 11) is 0. The summed E-state index contributed by atoms with van der Waals surface area (Å²) in [5, 5.41) is 7.39. The highest BCUT2D eigenvalue weighted by Gasteiger charge is 2.16. The predicted octanol–water partition coefficient (Wildman–Crippen LogP) is 2.93. The number of thiazole rings is 1. The predicted molar refractivity (Wildman–Crippen MR) is 83.2 cm³/mol. The minimum Gasteiger partial charge on any atom is -0.326 e. The molecular formula is C15H19N3OS. The van der Waals surface area contributed by atoms with Crippen LogP contribution in [0.3, 0.4) is 0 Å². The number of carbonyl (C=O) groups is 1. The summed E-state index contributed by atoms with van der Waals surface area (Å²) in [6.45, 7) is 4.06. The lowest BCUT2D eigenvalue weighted by Crippen LogP contribution is -2.30. The third-order valence-electron chi connectivity index (χ3n) is 3.71. The van der Waals surface area contributed by atoms with Crippen LogP contribution in [-0.4, -0.2) is 24.0 Å². The molecule has 3 rings (SSSR count). The summed E-state index contributed by atoms with van der Waals surface area (Å²) in [4.78, 5) is 16.5. The summed E-state index contributed by atoms with van der Waals surface area (Å²) in [5.74, 6) is 0.642. The molecule has 0 spiro atoms. The molecule has 20 heavy (non-hydrogen) atoms. The summed E-state index contributed by atoms with van der Waals surface area (Å²) < 4.78 is 1.13. The van der Waals surface area contributed by atoms with Crippen LogP contribution in [0.1, 0.15) is 24.3 Å². The molecular weight excluding hydrogens is 270 g/mol. The molecule has 1 aromatic carbocycles. The average Bonchev–Trinajstić information content (AvgIpc) is 2.79. The Balaban J connectivity index is 1.64. The maximum absolute atomic E-state index is 12.1. The molecule has 5 heteroatoms. The van der Waals surface area contributed by atoms with E-state index in [1.54, 1.807) is 11.3 Å². The van der Waals surface area contributed by atoms with Crippen molar-refractivity contribution in [3.8, 4) is 0 Å². The van der Waals surface area contributed by atoms with E-state index >= 15 is 0 Å². The van der Waals surface area contributed by atoms with Crippen LogP contribution in [0, 0.1) is 12.8 Å². The number of piperidine rings is 1. The molecule has 0 unspecified atom stereocenters. The molecule has 1 saturated heterocycles. The van der Waals surface area contributed by atoms with E-state index in [-0.39, 0.29) is 5.91 Å². The van der Waals surface area contributed by atoms with Crippen molar-refractivity contribution in [2.75, 3.05) is 18.4 Å². The van der Waals surface area contributed by atoms with Crippen LogP contribution in [0.4, 0.5) is 5.69 Å². The van der Waals surface area contributed by atoms with Gasteiger partial charge in [0, 0.05) is 12.1 Å². The van der Waals surface area contributed by atoms with Crippen molar-refractivity contribution < 1.29 is 4.79 Å². The molecule has 0 saturated carbocycles. The van der Waals surface area contributed by atoms with Crippen LogP contribution < -0.4 is 10.6 Å². The minimum atomic E-state index is 0.123. The van der Waals surface area contributed by atoms with E-state index in [4.69, 9.17) is 0 Å². The fourth-order valence-electron chi connectivity index (χ4n) is 2.68. The number of hydrogen-bond donors (Lipinski definition) is 2. The van der Waals surface area contributed by atoms with E-state index in [9.17, 15) is 4.79 Å². The monoisotopic (exact) mass is 289 g/mol. The Morgan fingerprint density at radius 1 is 1.45 bits per heavy atom. The Labute approximate surface area is 122 Å². The average molecular weight is 289 g/mol. The zero-order valence-corrected chi connectivity index (χ0v) is 12.4. The second-order valence-electron chi connectivity index (χ2n) is 5.36. The first-order valence-corrected chi connectivity index (χ1v) is 7.90.